The van der Waals surface area contributed by atoms with Crippen LogP contribution in [0.15, 0.2) is 0 Å². The van der Waals surface area contributed by atoms with Crippen LogP contribution in [0.4, 0.5) is 0 Å². The fourth-order valence-electron chi connectivity index (χ4n) is 2.01. The Morgan fingerprint density at radius 1 is 1.46 bits per heavy atom. The summed E-state index contributed by atoms with van der Waals surface area (Å²) in [5.41, 5.74) is -0.0370. The minimum atomic E-state index is -0.170. The Hall–Kier alpha value is -0.120. The molecule has 1 aliphatic rings. The zero-order chi connectivity index (χ0) is 9.90. The lowest BCUT2D eigenvalue weighted by atomic mass is 10.0. The molecule has 0 amide bonds. The summed E-state index contributed by atoms with van der Waals surface area (Å²) in [6.45, 7) is 4.87. The van der Waals surface area contributed by atoms with E-state index >= 15 is 0 Å². The number of aliphatic hydroxyl groups excluding tert-OH is 1. The first kappa shape index (κ1) is 11.0. The normalized spacial score (nSPS) is 29.5. The zero-order valence-electron chi connectivity index (χ0n) is 8.84. The SMILES string of the molecule is COCC(C)(C)NC1CCCC1O. The van der Waals surface area contributed by atoms with Crippen LogP contribution in [-0.2, 0) is 4.74 Å². The topological polar surface area (TPSA) is 41.5 Å². The van der Waals surface area contributed by atoms with Gasteiger partial charge in [0.15, 0.2) is 0 Å². The monoisotopic (exact) mass is 187 g/mol. The minimum Gasteiger partial charge on any atom is -0.392 e. The van der Waals surface area contributed by atoms with E-state index < -0.39 is 0 Å². The lowest BCUT2D eigenvalue weighted by molar-refractivity contribution is 0.0892. The van der Waals surface area contributed by atoms with Crippen molar-refractivity contribution < 1.29 is 9.84 Å². The van der Waals surface area contributed by atoms with Crippen LogP contribution >= 0.6 is 0 Å². The van der Waals surface area contributed by atoms with Crippen molar-refractivity contribution in [2.24, 2.45) is 0 Å². The molecule has 2 unspecified atom stereocenters. The number of aliphatic hydroxyl groups is 1. The summed E-state index contributed by atoms with van der Waals surface area (Å²) in [7, 11) is 1.70. The van der Waals surface area contributed by atoms with Gasteiger partial charge in [0.2, 0.25) is 0 Å². The lowest BCUT2D eigenvalue weighted by Crippen LogP contribution is -2.51. The smallest absolute Gasteiger partial charge is 0.0693 e. The number of ether oxygens (including phenoxy) is 1. The maximum atomic E-state index is 9.62. The van der Waals surface area contributed by atoms with Gasteiger partial charge in [0.05, 0.1) is 12.7 Å². The molecule has 0 bridgehead atoms. The first-order valence-corrected chi connectivity index (χ1v) is 5.00. The Kier molecular flexibility index (Phi) is 3.71. The van der Waals surface area contributed by atoms with Crippen molar-refractivity contribution in [2.75, 3.05) is 13.7 Å². The van der Waals surface area contributed by atoms with E-state index in [1.165, 1.54) is 0 Å². The van der Waals surface area contributed by atoms with Crippen molar-refractivity contribution in [2.45, 2.75) is 50.8 Å². The molecule has 1 aliphatic carbocycles. The second kappa shape index (κ2) is 4.40. The average Bonchev–Trinajstić information content (AvgIpc) is 2.35. The largest absolute Gasteiger partial charge is 0.392 e. The average molecular weight is 187 g/mol. The van der Waals surface area contributed by atoms with Gasteiger partial charge < -0.3 is 15.2 Å². The van der Waals surface area contributed by atoms with Crippen LogP contribution in [0.2, 0.25) is 0 Å². The van der Waals surface area contributed by atoms with E-state index in [0.717, 1.165) is 19.3 Å². The summed E-state index contributed by atoms with van der Waals surface area (Å²) >= 11 is 0. The van der Waals surface area contributed by atoms with Crippen LogP contribution in [0, 0.1) is 0 Å². The molecule has 1 rings (SSSR count). The van der Waals surface area contributed by atoms with E-state index in [-0.39, 0.29) is 17.7 Å². The third kappa shape index (κ3) is 3.25. The molecule has 3 nitrogen and oxygen atoms in total. The van der Waals surface area contributed by atoms with Gasteiger partial charge >= 0.3 is 0 Å². The fraction of sp³-hybridized carbons (Fsp3) is 1.00. The number of hydrogen-bond acceptors (Lipinski definition) is 3. The molecule has 1 fully saturated rings. The highest BCUT2D eigenvalue weighted by molar-refractivity contribution is 4.89. The summed E-state index contributed by atoms with van der Waals surface area (Å²) in [4.78, 5) is 0. The van der Waals surface area contributed by atoms with Crippen molar-refractivity contribution in [3.8, 4) is 0 Å². The molecule has 1 saturated carbocycles. The maximum Gasteiger partial charge on any atom is 0.0693 e. The van der Waals surface area contributed by atoms with Gasteiger partial charge in [-0.1, -0.05) is 0 Å². The van der Waals surface area contributed by atoms with Crippen LogP contribution in [-0.4, -0.2) is 36.5 Å². The van der Waals surface area contributed by atoms with Gasteiger partial charge in [-0.25, -0.2) is 0 Å². The van der Waals surface area contributed by atoms with Crippen LogP contribution in [0.5, 0.6) is 0 Å². The highest BCUT2D eigenvalue weighted by Crippen LogP contribution is 2.21. The Morgan fingerprint density at radius 3 is 2.62 bits per heavy atom. The molecule has 78 valence electrons. The summed E-state index contributed by atoms with van der Waals surface area (Å²) in [6.07, 6.45) is 2.97. The molecule has 0 spiro atoms. The Balaban J connectivity index is 2.37. The Morgan fingerprint density at radius 2 is 2.15 bits per heavy atom. The lowest BCUT2D eigenvalue weighted by Gasteiger charge is -2.30. The minimum absolute atomic E-state index is 0.0370. The first-order chi connectivity index (χ1) is 6.05. The van der Waals surface area contributed by atoms with Crippen LogP contribution in [0.25, 0.3) is 0 Å². The van der Waals surface area contributed by atoms with E-state index in [1.807, 2.05) is 0 Å². The number of hydrogen-bond donors (Lipinski definition) is 2. The van der Waals surface area contributed by atoms with Gasteiger partial charge in [0.25, 0.3) is 0 Å². The summed E-state index contributed by atoms with van der Waals surface area (Å²) < 4.78 is 5.11. The van der Waals surface area contributed by atoms with Crippen molar-refractivity contribution >= 4 is 0 Å². The molecule has 0 aromatic heterocycles. The predicted molar refractivity (Wildman–Crippen MR) is 52.7 cm³/mol. The van der Waals surface area contributed by atoms with Crippen molar-refractivity contribution in [3.05, 3.63) is 0 Å². The van der Waals surface area contributed by atoms with Crippen LogP contribution in [0.3, 0.4) is 0 Å². The molecule has 13 heavy (non-hydrogen) atoms. The van der Waals surface area contributed by atoms with Gasteiger partial charge in [0, 0.05) is 18.7 Å². The molecule has 0 saturated heterocycles. The molecular weight excluding hydrogens is 166 g/mol. The van der Waals surface area contributed by atoms with Gasteiger partial charge in [-0.15, -0.1) is 0 Å². The van der Waals surface area contributed by atoms with E-state index in [9.17, 15) is 5.11 Å². The highest BCUT2D eigenvalue weighted by Gasteiger charge is 2.30. The highest BCUT2D eigenvalue weighted by atomic mass is 16.5. The first-order valence-electron chi connectivity index (χ1n) is 5.00. The van der Waals surface area contributed by atoms with E-state index in [2.05, 4.69) is 19.2 Å². The van der Waals surface area contributed by atoms with Crippen molar-refractivity contribution in [1.29, 1.82) is 0 Å². The number of methoxy groups -OCH3 is 1. The quantitative estimate of drug-likeness (QED) is 0.687. The zero-order valence-corrected chi connectivity index (χ0v) is 8.84. The number of nitrogens with one attached hydrogen (secondary N) is 1. The molecular formula is C10H21NO2. The molecule has 0 aliphatic heterocycles. The van der Waals surface area contributed by atoms with Crippen LogP contribution in [0.1, 0.15) is 33.1 Å². The molecule has 0 aromatic carbocycles. The van der Waals surface area contributed by atoms with Gasteiger partial charge in [-0.3, -0.25) is 0 Å². The van der Waals surface area contributed by atoms with Crippen molar-refractivity contribution in [1.82, 2.24) is 5.32 Å². The molecule has 2 N–H and O–H groups in total. The fourth-order valence-corrected chi connectivity index (χ4v) is 2.01. The van der Waals surface area contributed by atoms with E-state index in [0.29, 0.717) is 6.61 Å². The summed E-state index contributed by atoms with van der Waals surface area (Å²) in [5.74, 6) is 0. The third-order valence-corrected chi connectivity index (χ3v) is 2.56. The molecule has 0 radical (unpaired) electrons. The molecule has 2 atom stereocenters. The van der Waals surface area contributed by atoms with Gasteiger partial charge in [0.1, 0.15) is 0 Å². The second-order valence-corrected chi connectivity index (χ2v) is 4.57. The number of rotatable bonds is 4. The molecule has 0 heterocycles. The third-order valence-electron chi connectivity index (χ3n) is 2.56. The molecule has 3 heteroatoms. The van der Waals surface area contributed by atoms with Crippen molar-refractivity contribution in [3.63, 3.8) is 0 Å². The van der Waals surface area contributed by atoms with Gasteiger partial charge in [-0.05, 0) is 33.1 Å². The van der Waals surface area contributed by atoms with E-state index in [1.54, 1.807) is 7.11 Å². The predicted octanol–water partition coefficient (Wildman–Crippen LogP) is 0.914. The summed E-state index contributed by atoms with van der Waals surface area (Å²) in [5, 5.41) is 13.0. The molecule has 0 aromatic rings. The standard InChI is InChI=1S/C10H21NO2/c1-10(2,7-13-3)11-8-5-4-6-9(8)12/h8-9,11-12H,4-7H2,1-3H3. The van der Waals surface area contributed by atoms with E-state index in [4.69, 9.17) is 4.74 Å². The summed E-state index contributed by atoms with van der Waals surface area (Å²) in [6, 6.07) is 0.255. The maximum absolute atomic E-state index is 9.62. The Labute approximate surface area is 80.5 Å². The second-order valence-electron chi connectivity index (χ2n) is 4.57. The Bertz CT molecular complexity index is 159. The van der Waals surface area contributed by atoms with Gasteiger partial charge in [-0.2, -0.15) is 0 Å². The van der Waals surface area contributed by atoms with Crippen LogP contribution < -0.4 is 5.32 Å².